The van der Waals surface area contributed by atoms with Crippen LogP contribution < -0.4 is 10.3 Å². The zero-order chi connectivity index (χ0) is 20.2. The lowest BCUT2D eigenvalue weighted by molar-refractivity contribution is 0.0730. The van der Waals surface area contributed by atoms with Gasteiger partial charge in [0.15, 0.2) is 0 Å². The number of benzene rings is 2. The summed E-state index contributed by atoms with van der Waals surface area (Å²) in [6.45, 7) is 0.583. The maximum absolute atomic E-state index is 13.1. The molecule has 29 heavy (non-hydrogen) atoms. The number of carbonyl (C=O) groups is 1. The molecule has 0 unspecified atom stereocenters. The molecule has 1 amide bonds. The van der Waals surface area contributed by atoms with Gasteiger partial charge in [-0.05, 0) is 41.3 Å². The number of rotatable bonds is 6. The molecule has 6 nitrogen and oxygen atoms in total. The van der Waals surface area contributed by atoms with Gasteiger partial charge in [-0.15, -0.1) is 11.3 Å². The Labute approximate surface area is 171 Å². The SMILES string of the molecule is COc1ccc(CN(Cc2nc3ccccc3c(=O)[nH]2)C(=O)c2cccs2)cc1. The molecule has 0 bridgehead atoms. The third-order valence-electron chi connectivity index (χ3n) is 4.55. The number of aromatic amines is 1. The van der Waals surface area contributed by atoms with Crippen LogP contribution in [0.3, 0.4) is 0 Å². The van der Waals surface area contributed by atoms with E-state index < -0.39 is 0 Å². The first kappa shape index (κ1) is 18.9. The van der Waals surface area contributed by atoms with Crippen molar-refractivity contribution in [2.24, 2.45) is 0 Å². The summed E-state index contributed by atoms with van der Waals surface area (Å²) in [5, 5.41) is 2.40. The highest BCUT2D eigenvalue weighted by Gasteiger charge is 2.19. The van der Waals surface area contributed by atoms with Gasteiger partial charge in [0.1, 0.15) is 11.6 Å². The molecule has 2 aromatic carbocycles. The summed E-state index contributed by atoms with van der Waals surface area (Å²) in [6.07, 6.45) is 0. The summed E-state index contributed by atoms with van der Waals surface area (Å²) in [5.41, 5.74) is 1.36. The number of methoxy groups -OCH3 is 1. The molecule has 0 radical (unpaired) electrons. The normalized spacial score (nSPS) is 10.8. The summed E-state index contributed by atoms with van der Waals surface area (Å²) in [4.78, 5) is 35.1. The lowest BCUT2D eigenvalue weighted by Crippen LogP contribution is -2.31. The molecule has 4 rings (SSSR count). The molecule has 1 N–H and O–H groups in total. The van der Waals surface area contributed by atoms with E-state index in [0.29, 0.717) is 28.1 Å². The van der Waals surface area contributed by atoms with Crippen molar-refractivity contribution >= 4 is 28.1 Å². The Balaban J connectivity index is 1.66. The van der Waals surface area contributed by atoms with Crippen LogP contribution in [0.25, 0.3) is 10.9 Å². The zero-order valence-electron chi connectivity index (χ0n) is 15.8. The van der Waals surface area contributed by atoms with Crippen molar-refractivity contribution in [3.8, 4) is 5.75 Å². The molecule has 0 saturated heterocycles. The average molecular weight is 405 g/mol. The molecular formula is C22H19N3O3S. The summed E-state index contributed by atoms with van der Waals surface area (Å²) < 4.78 is 5.20. The highest BCUT2D eigenvalue weighted by Crippen LogP contribution is 2.18. The van der Waals surface area contributed by atoms with Gasteiger partial charge in [0.05, 0.1) is 29.4 Å². The standard InChI is InChI=1S/C22H19N3O3S/c1-28-16-10-8-15(9-11-16)13-25(22(27)19-7-4-12-29-19)14-20-23-18-6-3-2-5-17(18)21(26)24-20/h2-12H,13-14H2,1H3,(H,23,24,26). The van der Waals surface area contributed by atoms with Gasteiger partial charge in [-0.25, -0.2) is 4.98 Å². The number of carbonyl (C=O) groups excluding carboxylic acids is 1. The maximum atomic E-state index is 13.1. The fraction of sp³-hybridized carbons (Fsp3) is 0.136. The first-order chi connectivity index (χ1) is 14.1. The predicted octanol–water partition coefficient (Wildman–Crippen LogP) is 3.84. The summed E-state index contributed by atoms with van der Waals surface area (Å²) in [7, 11) is 1.61. The molecule has 0 aliphatic heterocycles. The Bertz CT molecular complexity index is 1180. The first-order valence-corrected chi connectivity index (χ1v) is 9.95. The van der Waals surface area contributed by atoms with Gasteiger partial charge in [-0.3, -0.25) is 9.59 Å². The number of ether oxygens (including phenoxy) is 1. The molecule has 2 heterocycles. The average Bonchev–Trinajstić information content (AvgIpc) is 3.28. The minimum Gasteiger partial charge on any atom is -0.497 e. The van der Waals surface area contributed by atoms with E-state index in [4.69, 9.17) is 4.74 Å². The Morgan fingerprint density at radius 2 is 1.86 bits per heavy atom. The molecule has 0 atom stereocenters. The number of hydrogen-bond acceptors (Lipinski definition) is 5. The van der Waals surface area contributed by atoms with Crippen LogP contribution in [0.15, 0.2) is 70.8 Å². The van der Waals surface area contributed by atoms with Crippen LogP contribution in [0.5, 0.6) is 5.75 Å². The quantitative estimate of drug-likeness (QED) is 0.529. The number of nitrogens with zero attached hydrogens (tertiary/aromatic N) is 2. The first-order valence-electron chi connectivity index (χ1n) is 9.07. The molecule has 0 spiro atoms. The van der Waals surface area contributed by atoms with Crippen LogP contribution in [-0.2, 0) is 13.1 Å². The summed E-state index contributed by atoms with van der Waals surface area (Å²) in [5.74, 6) is 1.10. The minimum atomic E-state index is -0.210. The lowest BCUT2D eigenvalue weighted by atomic mass is 10.2. The Kier molecular flexibility index (Phi) is 5.39. The second-order valence-corrected chi connectivity index (χ2v) is 7.46. The van der Waals surface area contributed by atoms with E-state index in [-0.39, 0.29) is 18.0 Å². The van der Waals surface area contributed by atoms with Crippen molar-refractivity contribution in [3.05, 3.63) is 92.7 Å². The van der Waals surface area contributed by atoms with Crippen LogP contribution >= 0.6 is 11.3 Å². The predicted molar refractivity (Wildman–Crippen MR) is 113 cm³/mol. The second-order valence-electron chi connectivity index (χ2n) is 6.52. The van der Waals surface area contributed by atoms with Crippen molar-refractivity contribution in [2.75, 3.05) is 7.11 Å². The van der Waals surface area contributed by atoms with E-state index in [2.05, 4.69) is 9.97 Å². The molecule has 2 aromatic heterocycles. The van der Waals surface area contributed by atoms with Crippen molar-refractivity contribution in [2.45, 2.75) is 13.1 Å². The van der Waals surface area contributed by atoms with Gasteiger partial charge in [-0.2, -0.15) is 0 Å². The number of nitrogens with one attached hydrogen (secondary N) is 1. The number of thiophene rings is 1. The second kappa shape index (κ2) is 8.28. The van der Waals surface area contributed by atoms with E-state index in [1.165, 1.54) is 11.3 Å². The molecule has 146 valence electrons. The smallest absolute Gasteiger partial charge is 0.264 e. The van der Waals surface area contributed by atoms with Crippen LogP contribution in [0.1, 0.15) is 21.1 Å². The van der Waals surface area contributed by atoms with Gasteiger partial charge >= 0.3 is 0 Å². The van der Waals surface area contributed by atoms with Gasteiger partial charge in [0.2, 0.25) is 0 Å². The van der Waals surface area contributed by atoms with E-state index in [0.717, 1.165) is 11.3 Å². The summed E-state index contributed by atoms with van der Waals surface area (Å²) in [6, 6.07) is 18.4. The van der Waals surface area contributed by atoms with E-state index in [1.54, 1.807) is 36.3 Å². The van der Waals surface area contributed by atoms with Crippen LogP contribution in [0, 0.1) is 0 Å². The van der Waals surface area contributed by atoms with Crippen LogP contribution in [-0.4, -0.2) is 27.9 Å². The monoisotopic (exact) mass is 405 g/mol. The van der Waals surface area contributed by atoms with Crippen LogP contribution in [0.2, 0.25) is 0 Å². The number of H-pyrrole nitrogens is 1. The number of aromatic nitrogens is 2. The van der Waals surface area contributed by atoms with E-state index in [1.807, 2.05) is 41.8 Å². The topological polar surface area (TPSA) is 75.3 Å². The molecule has 7 heteroatoms. The number of hydrogen-bond donors (Lipinski definition) is 1. The van der Waals surface area contributed by atoms with Crippen LogP contribution in [0.4, 0.5) is 0 Å². The molecule has 4 aromatic rings. The van der Waals surface area contributed by atoms with Crippen molar-refractivity contribution in [1.29, 1.82) is 0 Å². The molecule has 0 aliphatic carbocycles. The van der Waals surface area contributed by atoms with Gasteiger partial charge in [0, 0.05) is 6.54 Å². The molecule has 0 fully saturated rings. The third-order valence-corrected chi connectivity index (χ3v) is 5.41. The molecular weight excluding hydrogens is 386 g/mol. The molecule has 0 saturated carbocycles. The zero-order valence-corrected chi connectivity index (χ0v) is 16.6. The highest BCUT2D eigenvalue weighted by atomic mass is 32.1. The van der Waals surface area contributed by atoms with Crippen molar-refractivity contribution in [3.63, 3.8) is 0 Å². The van der Waals surface area contributed by atoms with Crippen molar-refractivity contribution < 1.29 is 9.53 Å². The van der Waals surface area contributed by atoms with E-state index in [9.17, 15) is 9.59 Å². The lowest BCUT2D eigenvalue weighted by Gasteiger charge is -2.22. The number of para-hydroxylation sites is 1. The fourth-order valence-corrected chi connectivity index (χ4v) is 3.79. The number of fused-ring (bicyclic) bond motifs is 1. The van der Waals surface area contributed by atoms with E-state index >= 15 is 0 Å². The number of amides is 1. The maximum Gasteiger partial charge on any atom is 0.264 e. The van der Waals surface area contributed by atoms with Crippen molar-refractivity contribution in [1.82, 2.24) is 14.9 Å². The minimum absolute atomic E-state index is 0.105. The highest BCUT2D eigenvalue weighted by molar-refractivity contribution is 7.12. The van der Waals surface area contributed by atoms with Gasteiger partial charge in [0.25, 0.3) is 11.5 Å². The Morgan fingerprint density at radius 1 is 1.07 bits per heavy atom. The van der Waals surface area contributed by atoms with Gasteiger partial charge in [-0.1, -0.05) is 30.3 Å². The summed E-state index contributed by atoms with van der Waals surface area (Å²) >= 11 is 1.39. The van der Waals surface area contributed by atoms with Gasteiger partial charge < -0.3 is 14.6 Å². The Morgan fingerprint density at radius 3 is 2.59 bits per heavy atom. The molecule has 0 aliphatic rings. The Hall–Kier alpha value is -3.45. The third kappa shape index (κ3) is 4.20. The fourth-order valence-electron chi connectivity index (χ4n) is 3.10. The largest absolute Gasteiger partial charge is 0.497 e.